The number of nitrogens with one attached hydrogen (secondary N) is 1. The minimum atomic E-state index is 0.641. The molecule has 1 saturated heterocycles. The molecule has 1 N–H and O–H groups in total. The molecule has 5 fully saturated rings. The highest BCUT2D eigenvalue weighted by Crippen LogP contribution is 2.70. The fourth-order valence-corrected chi connectivity index (χ4v) is 10.2. The lowest BCUT2D eigenvalue weighted by atomic mass is 9.42. The van der Waals surface area contributed by atoms with Crippen LogP contribution in [0.25, 0.3) is 0 Å². The Kier molecular flexibility index (Phi) is 12.8. The second-order valence-corrected chi connectivity index (χ2v) is 13.8. The van der Waals surface area contributed by atoms with Gasteiger partial charge in [0.05, 0.1) is 0 Å². The van der Waals surface area contributed by atoms with Gasteiger partial charge in [0.1, 0.15) is 0 Å². The van der Waals surface area contributed by atoms with E-state index in [0.717, 1.165) is 53.4 Å². The molecule has 5 rings (SSSR count). The molecule has 1 heterocycles. The zero-order chi connectivity index (χ0) is 27.1. The Bertz CT molecular complexity index is 608. The molecule has 4 aliphatic carbocycles. The summed E-state index contributed by atoms with van der Waals surface area (Å²) in [4.78, 5) is 0. The van der Waals surface area contributed by atoms with Crippen LogP contribution >= 0.6 is 0 Å². The molecule has 36 heavy (non-hydrogen) atoms. The molecule has 0 aromatic carbocycles. The van der Waals surface area contributed by atoms with Gasteiger partial charge in [-0.1, -0.05) is 89.0 Å². The zero-order valence-electron chi connectivity index (χ0n) is 26.9. The minimum absolute atomic E-state index is 0.641. The quantitative estimate of drug-likeness (QED) is 0.404. The van der Waals surface area contributed by atoms with E-state index in [0.29, 0.717) is 10.8 Å². The van der Waals surface area contributed by atoms with Crippen molar-refractivity contribution in [1.29, 1.82) is 0 Å². The Labute approximate surface area is 229 Å². The van der Waals surface area contributed by atoms with Gasteiger partial charge < -0.3 is 5.32 Å². The van der Waals surface area contributed by atoms with E-state index in [1.165, 1.54) is 57.9 Å². The summed E-state index contributed by atoms with van der Waals surface area (Å²) < 4.78 is 0. The summed E-state index contributed by atoms with van der Waals surface area (Å²) in [6.07, 6.45) is 17.8. The van der Waals surface area contributed by atoms with Crippen molar-refractivity contribution >= 4 is 0 Å². The SMILES string of the molecule is CC.CC.CCC(C)C1CCC2C3CCC4CC(C)CCC4(C)C3CC(C)C12C.CCC1CCCN1. The van der Waals surface area contributed by atoms with E-state index in [1.54, 1.807) is 25.7 Å². The smallest absolute Gasteiger partial charge is 0.00649 e. The molecule has 1 nitrogen and oxygen atoms in total. The molecule has 5 aliphatic rings. The molecule has 1 heteroatoms. The van der Waals surface area contributed by atoms with Crippen LogP contribution in [0, 0.1) is 58.2 Å². The summed E-state index contributed by atoms with van der Waals surface area (Å²) in [5.74, 6) is 8.04. The average molecular weight is 504 g/mol. The van der Waals surface area contributed by atoms with Gasteiger partial charge in [0.2, 0.25) is 0 Å². The van der Waals surface area contributed by atoms with E-state index in [-0.39, 0.29) is 0 Å². The second-order valence-electron chi connectivity index (χ2n) is 13.8. The van der Waals surface area contributed by atoms with Crippen LogP contribution in [0.2, 0.25) is 0 Å². The first-order chi connectivity index (χ1) is 17.3. The van der Waals surface area contributed by atoms with E-state index < -0.39 is 0 Å². The summed E-state index contributed by atoms with van der Waals surface area (Å²) in [5.41, 5.74) is 1.32. The first-order valence-corrected chi connectivity index (χ1v) is 17.0. The van der Waals surface area contributed by atoms with Gasteiger partial charge in [-0.3, -0.25) is 0 Å². The lowest BCUT2D eigenvalue weighted by Crippen LogP contribution is -2.56. The lowest BCUT2D eigenvalue weighted by Gasteiger charge is -2.63. The van der Waals surface area contributed by atoms with Crippen LogP contribution in [0.4, 0.5) is 0 Å². The molecule has 0 bridgehead atoms. The van der Waals surface area contributed by atoms with Gasteiger partial charge in [-0.05, 0) is 129 Å². The molecule has 0 aromatic rings. The summed E-state index contributed by atoms with van der Waals surface area (Å²) in [7, 11) is 0. The highest BCUT2D eigenvalue weighted by atomic mass is 14.9. The Morgan fingerprint density at radius 3 is 2.08 bits per heavy atom. The number of hydrogen-bond acceptors (Lipinski definition) is 1. The molecular formula is C35H69N. The third-order valence-electron chi connectivity index (χ3n) is 12.6. The van der Waals surface area contributed by atoms with Crippen molar-refractivity contribution in [3.63, 3.8) is 0 Å². The largest absolute Gasteiger partial charge is 0.314 e. The molecule has 11 atom stereocenters. The summed E-state index contributed by atoms with van der Waals surface area (Å²) in [5, 5.41) is 3.41. The molecule has 0 radical (unpaired) electrons. The highest BCUT2D eigenvalue weighted by Gasteiger charge is 2.62. The van der Waals surface area contributed by atoms with Crippen molar-refractivity contribution in [2.45, 2.75) is 159 Å². The van der Waals surface area contributed by atoms with Crippen molar-refractivity contribution in [3.05, 3.63) is 0 Å². The molecule has 0 aromatic heterocycles. The Morgan fingerprint density at radius 1 is 0.833 bits per heavy atom. The van der Waals surface area contributed by atoms with Gasteiger partial charge in [0.25, 0.3) is 0 Å². The predicted octanol–water partition coefficient (Wildman–Crippen LogP) is 10.8. The molecule has 4 saturated carbocycles. The average Bonchev–Trinajstić information content (AvgIpc) is 3.56. The van der Waals surface area contributed by atoms with E-state index in [4.69, 9.17) is 0 Å². The third kappa shape index (κ3) is 6.23. The van der Waals surface area contributed by atoms with Crippen molar-refractivity contribution in [2.24, 2.45) is 58.2 Å². The van der Waals surface area contributed by atoms with Gasteiger partial charge in [-0.15, -0.1) is 0 Å². The number of fused-ring (bicyclic) bond motifs is 5. The minimum Gasteiger partial charge on any atom is -0.314 e. The van der Waals surface area contributed by atoms with Crippen LogP contribution in [0.5, 0.6) is 0 Å². The predicted molar refractivity (Wildman–Crippen MR) is 162 cm³/mol. The van der Waals surface area contributed by atoms with Crippen LogP contribution < -0.4 is 5.32 Å². The monoisotopic (exact) mass is 504 g/mol. The maximum absolute atomic E-state index is 3.41. The van der Waals surface area contributed by atoms with Gasteiger partial charge in [0, 0.05) is 6.04 Å². The van der Waals surface area contributed by atoms with E-state index in [2.05, 4.69) is 53.8 Å². The van der Waals surface area contributed by atoms with Crippen LogP contribution in [-0.2, 0) is 0 Å². The maximum atomic E-state index is 3.41. The van der Waals surface area contributed by atoms with Crippen LogP contribution in [0.1, 0.15) is 153 Å². The van der Waals surface area contributed by atoms with Crippen molar-refractivity contribution in [1.82, 2.24) is 5.32 Å². The molecule has 1 aliphatic heterocycles. The zero-order valence-corrected chi connectivity index (χ0v) is 26.9. The van der Waals surface area contributed by atoms with Gasteiger partial charge in [0.15, 0.2) is 0 Å². The Balaban J connectivity index is 0.000000351. The molecular weight excluding hydrogens is 434 g/mol. The molecule has 11 unspecified atom stereocenters. The molecule has 0 spiro atoms. The van der Waals surface area contributed by atoms with Crippen LogP contribution in [0.15, 0.2) is 0 Å². The molecule has 214 valence electrons. The highest BCUT2D eigenvalue weighted by molar-refractivity contribution is 5.11. The van der Waals surface area contributed by atoms with E-state index in [1.807, 2.05) is 27.7 Å². The maximum Gasteiger partial charge on any atom is 0.00649 e. The second kappa shape index (κ2) is 14.4. The summed E-state index contributed by atoms with van der Waals surface area (Å²) >= 11 is 0. The van der Waals surface area contributed by atoms with Gasteiger partial charge in [-0.25, -0.2) is 0 Å². The van der Waals surface area contributed by atoms with Crippen molar-refractivity contribution < 1.29 is 0 Å². The van der Waals surface area contributed by atoms with Crippen molar-refractivity contribution in [3.8, 4) is 0 Å². The Morgan fingerprint density at radius 2 is 1.53 bits per heavy atom. The standard InChI is InChI=1S/C25H44.C6H13N.2C2H6/c1-7-17(3)21-10-11-22-20-9-8-19-14-16(2)12-13-24(19,5)23(20)15-18(4)25(21,22)6;1-2-6-4-3-5-7-6;2*1-2/h16-23H,7-15H2,1-6H3;6-7H,2-5H2,1H3;2*1-2H3. The van der Waals surface area contributed by atoms with Crippen LogP contribution in [0.3, 0.4) is 0 Å². The fourth-order valence-electron chi connectivity index (χ4n) is 10.2. The lowest BCUT2D eigenvalue weighted by molar-refractivity contribution is -0.142. The summed E-state index contributed by atoms with van der Waals surface area (Å²) in [6.45, 7) is 27.1. The first-order valence-electron chi connectivity index (χ1n) is 17.0. The van der Waals surface area contributed by atoms with Crippen molar-refractivity contribution in [2.75, 3.05) is 6.54 Å². The van der Waals surface area contributed by atoms with Crippen LogP contribution in [-0.4, -0.2) is 12.6 Å². The van der Waals surface area contributed by atoms with E-state index >= 15 is 0 Å². The first kappa shape index (κ1) is 32.2. The number of hydrogen-bond donors (Lipinski definition) is 1. The van der Waals surface area contributed by atoms with Gasteiger partial charge in [-0.2, -0.15) is 0 Å². The fraction of sp³-hybridized carbons (Fsp3) is 1.00. The van der Waals surface area contributed by atoms with Gasteiger partial charge >= 0.3 is 0 Å². The van der Waals surface area contributed by atoms with E-state index in [9.17, 15) is 0 Å². The topological polar surface area (TPSA) is 12.0 Å². The summed E-state index contributed by atoms with van der Waals surface area (Å²) in [6, 6.07) is 0.847. The molecule has 0 amide bonds. The number of rotatable bonds is 3. The Hall–Kier alpha value is -0.0400. The third-order valence-corrected chi connectivity index (χ3v) is 12.6. The normalized spacial score (nSPS) is 45.8.